The van der Waals surface area contributed by atoms with Gasteiger partial charge in [-0.25, -0.2) is 0 Å². The SMILES string of the molecule is CCCCNC(=O)[C@@H]1CN(C(=O)c2cccs2)C[C@@H]1c1cc(OC)c(OC)c(OC)c1. The number of nitrogens with zero attached hydrogens (tertiary/aromatic N) is 1. The molecular formula is C23H30N2O5S. The van der Waals surface area contributed by atoms with Crippen molar-refractivity contribution in [2.24, 2.45) is 5.92 Å². The van der Waals surface area contributed by atoms with Gasteiger partial charge in [-0.3, -0.25) is 9.59 Å². The van der Waals surface area contributed by atoms with Crippen LogP contribution in [0.5, 0.6) is 17.2 Å². The summed E-state index contributed by atoms with van der Waals surface area (Å²) in [7, 11) is 4.69. The Morgan fingerprint density at radius 1 is 1.13 bits per heavy atom. The van der Waals surface area contributed by atoms with Crippen molar-refractivity contribution in [2.75, 3.05) is 41.0 Å². The number of ether oxygens (including phenoxy) is 3. The summed E-state index contributed by atoms with van der Waals surface area (Å²) in [4.78, 5) is 28.5. The Morgan fingerprint density at radius 2 is 1.84 bits per heavy atom. The first kappa shape index (κ1) is 22.9. The van der Waals surface area contributed by atoms with E-state index < -0.39 is 0 Å². The second kappa shape index (κ2) is 10.5. The number of rotatable bonds is 9. The topological polar surface area (TPSA) is 77.1 Å². The average molecular weight is 447 g/mol. The molecule has 1 aromatic heterocycles. The van der Waals surface area contributed by atoms with Gasteiger partial charge in [0.05, 0.1) is 32.1 Å². The number of carbonyl (C=O) groups is 2. The van der Waals surface area contributed by atoms with E-state index in [9.17, 15) is 9.59 Å². The van der Waals surface area contributed by atoms with E-state index in [4.69, 9.17) is 14.2 Å². The number of hydrogen-bond acceptors (Lipinski definition) is 6. The lowest BCUT2D eigenvalue weighted by Crippen LogP contribution is -2.36. The normalized spacial score (nSPS) is 18.0. The molecule has 1 aliphatic heterocycles. The van der Waals surface area contributed by atoms with Crippen molar-refractivity contribution in [3.05, 3.63) is 40.1 Å². The van der Waals surface area contributed by atoms with Gasteiger partial charge >= 0.3 is 0 Å². The Balaban J connectivity index is 1.94. The third kappa shape index (κ3) is 4.95. The predicted molar refractivity (Wildman–Crippen MR) is 120 cm³/mol. The van der Waals surface area contributed by atoms with Gasteiger partial charge < -0.3 is 24.4 Å². The molecule has 2 aromatic rings. The molecule has 3 rings (SSSR count). The van der Waals surface area contributed by atoms with E-state index >= 15 is 0 Å². The van der Waals surface area contributed by atoms with Crippen molar-refractivity contribution in [2.45, 2.75) is 25.7 Å². The molecule has 0 spiro atoms. The fraction of sp³-hybridized carbons (Fsp3) is 0.478. The van der Waals surface area contributed by atoms with Crippen molar-refractivity contribution in [1.29, 1.82) is 0 Å². The Morgan fingerprint density at radius 3 is 2.39 bits per heavy atom. The molecule has 1 aliphatic rings. The summed E-state index contributed by atoms with van der Waals surface area (Å²) in [5.41, 5.74) is 0.881. The van der Waals surface area contributed by atoms with Gasteiger partial charge in [0.15, 0.2) is 11.5 Å². The van der Waals surface area contributed by atoms with Crippen LogP contribution in [0.4, 0.5) is 0 Å². The van der Waals surface area contributed by atoms with Crippen LogP contribution < -0.4 is 19.5 Å². The largest absolute Gasteiger partial charge is 0.493 e. The lowest BCUT2D eigenvalue weighted by atomic mass is 9.88. The number of likely N-dealkylation sites (tertiary alicyclic amines) is 1. The van der Waals surface area contributed by atoms with Gasteiger partial charge in [0, 0.05) is 25.6 Å². The molecule has 2 amide bonds. The molecule has 1 N–H and O–H groups in total. The maximum atomic E-state index is 13.1. The summed E-state index contributed by atoms with van der Waals surface area (Å²) in [6.45, 7) is 3.53. The Kier molecular flexibility index (Phi) is 7.79. The van der Waals surface area contributed by atoms with Crippen LogP contribution in [-0.2, 0) is 4.79 Å². The molecule has 1 saturated heterocycles. The molecule has 7 nitrogen and oxygen atoms in total. The average Bonchev–Trinajstić information content (AvgIpc) is 3.48. The van der Waals surface area contributed by atoms with Crippen LogP contribution >= 0.6 is 11.3 Å². The van der Waals surface area contributed by atoms with Crippen molar-refractivity contribution in [1.82, 2.24) is 10.2 Å². The zero-order valence-electron chi connectivity index (χ0n) is 18.5. The van der Waals surface area contributed by atoms with Crippen LogP contribution in [-0.4, -0.2) is 57.7 Å². The van der Waals surface area contributed by atoms with E-state index in [2.05, 4.69) is 12.2 Å². The Hall–Kier alpha value is -2.74. The number of benzene rings is 1. The number of amides is 2. The van der Waals surface area contributed by atoms with Gasteiger partial charge in [-0.15, -0.1) is 11.3 Å². The summed E-state index contributed by atoms with van der Waals surface area (Å²) in [6, 6.07) is 7.42. The standard InChI is InChI=1S/C23H30N2O5S/c1-5-6-9-24-22(26)17-14-25(23(27)20-8-7-10-31-20)13-16(17)15-11-18(28-2)21(30-4)19(12-15)29-3/h7-8,10-12,16-17H,5-6,9,13-14H2,1-4H3,(H,24,26)/t16-,17-/m1/s1. The van der Waals surface area contributed by atoms with Crippen LogP contribution in [0.2, 0.25) is 0 Å². The summed E-state index contributed by atoms with van der Waals surface area (Å²) >= 11 is 1.41. The monoisotopic (exact) mass is 446 g/mol. The lowest BCUT2D eigenvalue weighted by Gasteiger charge is -2.21. The van der Waals surface area contributed by atoms with E-state index in [1.54, 1.807) is 26.2 Å². The highest BCUT2D eigenvalue weighted by Gasteiger charge is 2.41. The molecule has 168 valence electrons. The van der Waals surface area contributed by atoms with Crippen molar-refractivity contribution in [3.8, 4) is 17.2 Å². The van der Waals surface area contributed by atoms with Crippen LogP contribution in [0.1, 0.15) is 40.9 Å². The van der Waals surface area contributed by atoms with Gasteiger partial charge in [0.2, 0.25) is 11.7 Å². The summed E-state index contributed by atoms with van der Waals surface area (Å²) in [5.74, 6) is 0.949. The third-order valence-electron chi connectivity index (χ3n) is 5.62. The fourth-order valence-corrected chi connectivity index (χ4v) is 4.65. The minimum atomic E-state index is -0.358. The van der Waals surface area contributed by atoms with Crippen LogP contribution in [0.25, 0.3) is 0 Å². The molecule has 2 atom stereocenters. The molecule has 31 heavy (non-hydrogen) atoms. The molecule has 8 heteroatoms. The minimum absolute atomic E-state index is 0.0336. The first-order valence-corrected chi connectivity index (χ1v) is 11.3. The van der Waals surface area contributed by atoms with E-state index in [-0.39, 0.29) is 23.7 Å². The molecule has 0 unspecified atom stereocenters. The highest BCUT2D eigenvalue weighted by molar-refractivity contribution is 7.12. The zero-order valence-corrected chi connectivity index (χ0v) is 19.3. The quantitative estimate of drug-likeness (QED) is 0.596. The van der Waals surface area contributed by atoms with Crippen LogP contribution in [0, 0.1) is 5.92 Å². The van der Waals surface area contributed by atoms with Gasteiger partial charge in [-0.05, 0) is 35.6 Å². The zero-order chi connectivity index (χ0) is 22.4. The van der Waals surface area contributed by atoms with Gasteiger partial charge in [0.25, 0.3) is 5.91 Å². The number of unbranched alkanes of at least 4 members (excludes halogenated alkanes) is 1. The lowest BCUT2D eigenvalue weighted by molar-refractivity contribution is -0.124. The van der Waals surface area contributed by atoms with E-state index in [1.807, 2.05) is 29.6 Å². The molecule has 0 saturated carbocycles. The molecule has 0 aliphatic carbocycles. The maximum absolute atomic E-state index is 13.1. The van der Waals surface area contributed by atoms with Gasteiger partial charge in [-0.2, -0.15) is 0 Å². The second-order valence-electron chi connectivity index (χ2n) is 7.50. The maximum Gasteiger partial charge on any atom is 0.263 e. The number of methoxy groups -OCH3 is 3. The number of nitrogens with one attached hydrogen (secondary N) is 1. The van der Waals surface area contributed by atoms with Gasteiger partial charge in [0.1, 0.15) is 0 Å². The number of hydrogen-bond donors (Lipinski definition) is 1. The molecule has 0 bridgehead atoms. The predicted octanol–water partition coefficient (Wildman–Crippen LogP) is 3.55. The highest BCUT2D eigenvalue weighted by atomic mass is 32.1. The summed E-state index contributed by atoms with van der Waals surface area (Å²) < 4.78 is 16.4. The van der Waals surface area contributed by atoms with Crippen LogP contribution in [0.3, 0.4) is 0 Å². The Labute approximate surface area is 187 Å². The van der Waals surface area contributed by atoms with Crippen molar-refractivity contribution < 1.29 is 23.8 Å². The fourth-order valence-electron chi connectivity index (χ4n) is 3.96. The highest BCUT2D eigenvalue weighted by Crippen LogP contribution is 2.43. The molecule has 2 heterocycles. The third-order valence-corrected chi connectivity index (χ3v) is 6.48. The molecular weight excluding hydrogens is 416 g/mol. The Bertz CT molecular complexity index is 874. The van der Waals surface area contributed by atoms with Crippen molar-refractivity contribution in [3.63, 3.8) is 0 Å². The van der Waals surface area contributed by atoms with E-state index in [0.29, 0.717) is 41.8 Å². The van der Waals surface area contributed by atoms with E-state index in [0.717, 1.165) is 18.4 Å². The smallest absolute Gasteiger partial charge is 0.263 e. The van der Waals surface area contributed by atoms with Gasteiger partial charge in [-0.1, -0.05) is 19.4 Å². The summed E-state index contributed by atoms with van der Waals surface area (Å²) in [5, 5.41) is 4.92. The first-order chi connectivity index (χ1) is 15.0. The number of thiophene rings is 1. The minimum Gasteiger partial charge on any atom is -0.493 e. The number of carbonyl (C=O) groups excluding carboxylic acids is 2. The second-order valence-corrected chi connectivity index (χ2v) is 8.45. The molecule has 1 aromatic carbocycles. The van der Waals surface area contributed by atoms with Crippen molar-refractivity contribution >= 4 is 23.2 Å². The van der Waals surface area contributed by atoms with Crippen LogP contribution in [0.15, 0.2) is 29.6 Å². The molecule has 0 radical (unpaired) electrons. The summed E-state index contributed by atoms with van der Waals surface area (Å²) in [6.07, 6.45) is 1.93. The first-order valence-electron chi connectivity index (χ1n) is 10.4. The molecule has 1 fully saturated rings. The van der Waals surface area contributed by atoms with E-state index in [1.165, 1.54) is 11.3 Å².